The normalized spacial score (nSPS) is 13.7. The summed E-state index contributed by atoms with van der Waals surface area (Å²) in [6.07, 6.45) is 1.05. The van der Waals surface area contributed by atoms with Crippen LogP contribution < -0.4 is 4.74 Å². The Morgan fingerprint density at radius 1 is 1.21 bits per heavy atom. The molecule has 70 valence electrons. The van der Waals surface area contributed by atoms with Gasteiger partial charge in [-0.3, -0.25) is 0 Å². The molecule has 0 radical (unpaired) electrons. The van der Waals surface area contributed by atoms with Gasteiger partial charge in [-0.1, -0.05) is 18.2 Å². The molecule has 0 saturated heterocycles. The molecule has 0 N–H and O–H groups in total. The number of hydrogen-bond donors (Lipinski definition) is 0. The molecular weight excluding hydrogens is 192 g/mol. The topological polar surface area (TPSA) is 9.23 Å². The van der Waals surface area contributed by atoms with Crippen LogP contribution in [-0.2, 0) is 6.42 Å². The Balaban J connectivity index is 2.20. The van der Waals surface area contributed by atoms with Crippen molar-refractivity contribution in [3.05, 3.63) is 40.6 Å². The number of ether oxygens (including phenoxy) is 1. The van der Waals surface area contributed by atoms with Crippen molar-refractivity contribution in [2.45, 2.75) is 6.42 Å². The highest BCUT2D eigenvalue weighted by Crippen LogP contribution is 2.37. The first-order valence-electron chi connectivity index (χ1n) is 4.72. The summed E-state index contributed by atoms with van der Waals surface area (Å²) in [5.41, 5.74) is 3.85. The summed E-state index contributed by atoms with van der Waals surface area (Å²) < 4.78 is 5.66. The molecule has 2 heterocycles. The molecule has 0 amide bonds. The molecule has 3 rings (SSSR count). The van der Waals surface area contributed by atoms with Crippen molar-refractivity contribution in [3.8, 4) is 16.9 Å². The quantitative estimate of drug-likeness (QED) is 0.689. The van der Waals surface area contributed by atoms with E-state index in [0.717, 1.165) is 18.8 Å². The first kappa shape index (κ1) is 8.06. The van der Waals surface area contributed by atoms with Crippen molar-refractivity contribution in [2.24, 2.45) is 0 Å². The highest BCUT2D eigenvalue weighted by molar-refractivity contribution is 7.08. The van der Waals surface area contributed by atoms with E-state index in [1.807, 2.05) is 0 Å². The number of hydrogen-bond acceptors (Lipinski definition) is 2. The smallest absolute Gasteiger partial charge is 0.130 e. The third-order valence-corrected chi connectivity index (χ3v) is 3.23. The first-order chi connectivity index (χ1) is 6.95. The molecule has 0 fully saturated rings. The average Bonchev–Trinajstić information content (AvgIpc) is 2.88. The fourth-order valence-corrected chi connectivity index (χ4v) is 2.52. The minimum absolute atomic E-state index is 0.830. The van der Waals surface area contributed by atoms with Crippen molar-refractivity contribution in [1.29, 1.82) is 0 Å². The minimum atomic E-state index is 0.830. The highest BCUT2D eigenvalue weighted by atomic mass is 32.1. The summed E-state index contributed by atoms with van der Waals surface area (Å²) in [5.74, 6) is 1.09. The average molecular weight is 202 g/mol. The molecule has 1 aromatic carbocycles. The van der Waals surface area contributed by atoms with Gasteiger partial charge >= 0.3 is 0 Å². The third-order valence-electron chi connectivity index (χ3n) is 2.55. The van der Waals surface area contributed by atoms with Crippen LogP contribution in [0.25, 0.3) is 11.1 Å². The lowest BCUT2D eigenvalue weighted by atomic mass is 10.0. The molecule has 0 aliphatic carbocycles. The number of para-hydroxylation sites is 1. The Morgan fingerprint density at radius 2 is 2.21 bits per heavy atom. The molecule has 0 unspecified atom stereocenters. The predicted octanol–water partition coefficient (Wildman–Crippen LogP) is 3.35. The van der Waals surface area contributed by atoms with E-state index in [-0.39, 0.29) is 0 Å². The Kier molecular flexibility index (Phi) is 1.81. The maximum atomic E-state index is 5.66. The summed E-state index contributed by atoms with van der Waals surface area (Å²) in [5, 5.41) is 4.26. The number of fused-ring (bicyclic) bond motifs is 1. The molecule has 0 saturated carbocycles. The van der Waals surface area contributed by atoms with Gasteiger partial charge < -0.3 is 4.74 Å². The predicted molar refractivity (Wildman–Crippen MR) is 59.0 cm³/mol. The van der Waals surface area contributed by atoms with E-state index < -0.39 is 0 Å². The van der Waals surface area contributed by atoms with E-state index in [0.29, 0.717) is 0 Å². The second kappa shape index (κ2) is 3.14. The fraction of sp³-hybridized carbons (Fsp3) is 0.167. The Morgan fingerprint density at radius 3 is 3.07 bits per heavy atom. The van der Waals surface area contributed by atoms with Gasteiger partial charge in [-0.25, -0.2) is 0 Å². The molecule has 0 atom stereocenters. The van der Waals surface area contributed by atoms with Crippen LogP contribution in [-0.4, -0.2) is 6.61 Å². The molecule has 2 heteroatoms. The van der Waals surface area contributed by atoms with Crippen molar-refractivity contribution in [1.82, 2.24) is 0 Å². The molecular formula is C12H10OS. The van der Waals surface area contributed by atoms with Gasteiger partial charge in [-0.05, 0) is 28.0 Å². The molecule has 0 spiro atoms. The van der Waals surface area contributed by atoms with Gasteiger partial charge in [0.15, 0.2) is 0 Å². The van der Waals surface area contributed by atoms with Gasteiger partial charge in [0.25, 0.3) is 0 Å². The van der Waals surface area contributed by atoms with Gasteiger partial charge in [0.2, 0.25) is 0 Å². The Labute approximate surface area is 87.0 Å². The maximum Gasteiger partial charge on any atom is 0.130 e. The van der Waals surface area contributed by atoms with Gasteiger partial charge in [0, 0.05) is 12.0 Å². The fourth-order valence-electron chi connectivity index (χ4n) is 1.86. The van der Waals surface area contributed by atoms with Crippen LogP contribution in [0, 0.1) is 0 Å². The van der Waals surface area contributed by atoms with E-state index in [2.05, 4.69) is 35.0 Å². The van der Waals surface area contributed by atoms with Crippen LogP contribution in [0.5, 0.6) is 5.75 Å². The molecule has 14 heavy (non-hydrogen) atoms. The van der Waals surface area contributed by atoms with E-state index in [9.17, 15) is 0 Å². The van der Waals surface area contributed by atoms with Crippen molar-refractivity contribution < 1.29 is 4.74 Å². The molecule has 0 bridgehead atoms. The van der Waals surface area contributed by atoms with E-state index in [4.69, 9.17) is 4.74 Å². The number of benzene rings is 1. The lowest BCUT2D eigenvalue weighted by Gasteiger charge is -2.05. The summed E-state index contributed by atoms with van der Waals surface area (Å²) in [4.78, 5) is 0. The molecule has 2 aromatic rings. The van der Waals surface area contributed by atoms with Crippen LogP contribution in [0.15, 0.2) is 35.0 Å². The summed E-state index contributed by atoms with van der Waals surface area (Å²) in [6.45, 7) is 0.830. The highest BCUT2D eigenvalue weighted by Gasteiger charge is 2.16. The van der Waals surface area contributed by atoms with Crippen LogP contribution in [0.3, 0.4) is 0 Å². The van der Waals surface area contributed by atoms with Crippen LogP contribution in [0.2, 0.25) is 0 Å². The number of rotatable bonds is 1. The van der Waals surface area contributed by atoms with Crippen LogP contribution >= 0.6 is 11.3 Å². The molecule has 1 nitrogen and oxygen atoms in total. The maximum absolute atomic E-state index is 5.66. The number of thiophene rings is 1. The lowest BCUT2D eigenvalue weighted by Crippen LogP contribution is -1.87. The van der Waals surface area contributed by atoms with Crippen LogP contribution in [0.1, 0.15) is 5.56 Å². The van der Waals surface area contributed by atoms with Gasteiger partial charge in [-0.2, -0.15) is 11.3 Å². The van der Waals surface area contributed by atoms with Crippen LogP contribution in [0.4, 0.5) is 0 Å². The van der Waals surface area contributed by atoms with E-state index in [1.54, 1.807) is 11.3 Å². The standard InChI is InChI=1S/C12H10OS/c1-2-9-4-6-13-12(9)11(3-1)10-5-7-14-8-10/h1-3,5,7-8H,4,6H2. The van der Waals surface area contributed by atoms with E-state index in [1.165, 1.54) is 16.7 Å². The molecule has 1 aromatic heterocycles. The largest absolute Gasteiger partial charge is 0.492 e. The Hall–Kier alpha value is -1.28. The zero-order valence-corrected chi connectivity index (χ0v) is 8.51. The van der Waals surface area contributed by atoms with Gasteiger partial charge in [0.05, 0.1) is 6.61 Å². The Bertz CT molecular complexity index is 445. The minimum Gasteiger partial charge on any atom is -0.492 e. The monoisotopic (exact) mass is 202 g/mol. The first-order valence-corrected chi connectivity index (χ1v) is 5.67. The second-order valence-corrected chi connectivity index (χ2v) is 4.18. The van der Waals surface area contributed by atoms with Gasteiger partial charge in [0.1, 0.15) is 5.75 Å². The lowest BCUT2D eigenvalue weighted by molar-refractivity contribution is 0.358. The van der Waals surface area contributed by atoms with Crippen molar-refractivity contribution in [3.63, 3.8) is 0 Å². The summed E-state index contributed by atoms with van der Waals surface area (Å²) >= 11 is 1.72. The SMILES string of the molecule is c1cc2c(c(-c3ccsc3)c1)OCC2. The zero-order valence-electron chi connectivity index (χ0n) is 7.69. The summed E-state index contributed by atoms with van der Waals surface area (Å²) in [7, 11) is 0. The second-order valence-electron chi connectivity index (χ2n) is 3.40. The van der Waals surface area contributed by atoms with Crippen molar-refractivity contribution >= 4 is 11.3 Å². The zero-order chi connectivity index (χ0) is 9.38. The summed E-state index contributed by atoms with van der Waals surface area (Å²) in [6, 6.07) is 8.53. The molecule has 1 aliphatic rings. The molecule has 1 aliphatic heterocycles. The van der Waals surface area contributed by atoms with Gasteiger partial charge in [-0.15, -0.1) is 0 Å². The van der Waals surface area contributed by atoms with Crippen molar-refractivity contribution in [2.75, 3.05) is 6.61 Å². The van der Waals surface area contributed by atoms with E-state index >= 15 is 0 Å². The third kappa shape index (κ3) is 1.15.